The summed E-state index contributed by atoms with van der Waals surface area (Å²) in [7, 11) is 0. The molecule has 174 valence electrons. The van der Waals surface area contributed by atoms with Crippen molar-refractivity contribution in [1.29, 1.82) is 0 Å². The third-order valence-electron chi connectivity index (χ3n) is 5.39. The van der Waals surface area contributed by atoms with Gasteiger partial charge in [0.1, 0.15) is 22.1 Å². The molecule has 3 aromatic rings. The average Bonchev–Trinajstić information content (AvgIpc) is 3.49. The van der Waals surface area contributed by atoms with Gasteiger partial charge in [0.15, 0.2) is 12.4 Å². The number of nitrogen functional groups attached to an aromatic ring is 1. The Bertz CT molecular complexity index is 1270. The van der Waals surface area contributed by atoms with Crippen LogP contribution in [0.1, 0.15) is 62.5 Å². The van der Waals surface area contributed by atoms with Crippen LogP contribution >= 0.6 is 11.3 Å². The number of anilines is 2. The summed E-state index contributed by atoms with van der Waals surface area (Å²) in [6.45, 7) is 6.91. The lowest BCUT2D eigenvalue weighted by Gasteiger charge is -2.08. The highest BCUT2D eigenvalue weighted by molar-refractivity contribution is 7.16. The van der Waals surface area contributed by atoms with Crippen molar-refractivity contribution in [3.05, 3.63) is 33.2 Å². The second-order valence-electron chi connectivity index (χ2n) is 7.79. The molecule has 0 aliphatic heterocycles. The van der Waals surface area contributed by atoms with Crippen molar-refractivity contribution in [2.75, 3.05) is 17.7 Å². The maximum absolute atomic E-state index is 12.9. The standard InChI is InChI=1S/C22H24N4O6S/c1-5-30-22(29)15-10(3)32-19-16(15)17(23)24-13(25-19)8-31-21(28)14-9(2)11(4)33-20(14)26-18(27)12-6-7-12/h12H,5-8H2,1-4H3,(H,26,27)(H2,23,24,25). The van der Waals surface area contributed by atoms with Gasteiger partial charge < -0.3 is 24.9 Å². The van der Waals surface area contributed by atoms with Crippen LogP contribution in [0.2, 0.25) is 0 Å². The fourth-order valence-corrected chi connectivity index (χ4v) is 4.47. The first-order valence-corrected chi connectivity index (χ1v) is 11.3. The zero-order chi connectivity index (χ0) is 23.9. The number of nitrogens with two attached hydrogens (primary N) is 1. The molecule has 0 radical (unpaired) electrons. The SMILES string of the molecule is CCOC(=O)c1c(C)oc2nc(COC(=O)c3c(NC(=O)C4CC4)sc(C)c3C)nc(N)c12. The van der Waals surface area contributed by atoms with E-state index < -0.39 is 11.9 Å². The molecule has 33 heavy (non-hydrogen) atoms. The van der Waals surface area contributed by atoms with Gasteiger partial charge in [-0.2, -0.15) is 4.98 Å². The van der Waals surface area contributed by atoms with E-state index in [1.807, 2.05) is 6.92 Å². The Balaban J connectivity index is 1.55. The molecule has 1 saturated carbocycles. The van der Waals surface area contributed by atoms with Crippen LogP contribution in [-0.4, -0.2) is 34.4 Å². The highest BCUT2D eigenvalue weighted by atomic mass is 32.1. The van der Waals surface area contributed by atoms with E-state index in [0.717, 1.165) is 23.3 Å². The van der Waals surface area contributed by atoms with Gasteiger partial charge in [0.2, 0.25) is 11.6 Å². The molecule has 0 saturated heterocycles. The average molecular weight is 473 g/mol. The predicted molar refractivity (Wildman–Crippen MR) is 121 cm³/mol. The van der Waals surface area contributed by atoms with Crippen molar-refractivity contribution < 1.29 is 28.3 Å². The molecule has 0 aromatic carbocycles. The number of carbonyl (C=O) groups is 3. The molecule has 1 fully saturated rings. The quantitative estimate of drug-likeness (QED) is 0.491. The molecule has 3 heterocycles. The molecule has 3 N–H and O–H groups in total. The molecule has 1 aliphatic carbocycles. The Morgan fingerprint density at radius 1 is 1.12 bits per heavy atom. The lowest BCUT2D eigenvalue weighted by Crippen LogP contribution is -2.16. The van der Waals surface area contributed by atoms with Gasteiger partial charge in [-0.05, 0) is 46.1 Å². The number of nitrogens with one attached hydrogen (secondary N) is 1. The molecule has 4 rings (SSSR count). The van der Waals surface area contributed by atoms with Crippen LogP contribution in [0, 0.1) is 26.7 Å². The van der Waals surface area contributed by atoms with Gasteiger partial charge in [0, 0.05) is 10.8 Å². The van der Waals surface area contributed by atoms with Crippen LogP contribution < -0.4 is 11.1 Å². The van der Waals surface area contributed by atoms with Crippen molar-refractivity contribution >= 4 is 51.1 Å². The summed E-state index contributed by atoms with van der Waals surface area (Å²) in [5.41, 5.74) is 7.40. The minimum Gasteiger partial charge on any atom is -0.462 e. The predicted octanol–water partition coefficient (Wildman–Crippen LogP) is 3.67. The third kappa shape index (κ3) is 4.40. The van der Waals surface area contributed by atoms with Crippen molar-refractivity contribution in [3.8, 4) is 0 Å². The fraction of sp³-hybridized carbons (Fsp3) is 0.409. The monoisotopic (exact) mass is 472 g/mol. The first-order valence-electron chi connectivity index (χ1n) is 10.5. The maximum atomic E-state index is 12.9. The van der Waals surface area contributed by atoms with Gasteiger partial charge in [0.05, 0.1) is 17.6 Å². The number of esters is 2. The number of thiophene rings is 1. The number of aromatic nitrogens is 2. The normalized spacial score (nSPS) is 13.2. The van der Waals surface area contributed by atoms with E-state index in [-0.39, 0.29) is 53.3 Å². The van der Waals surface area contributed by atoms with E-state index in [0.29, 0.717) is 16.3 Å². The number of amides is 1. The van der Waals surface area contributed by atoms with E-state index in [1.165, 1.54) is 11.3 Å². The van der Waals surface area contributed by atoms with Crippen molar-refractivity contribution in [1.82, 2.24) is 9.97 Å². The molecule has 0 unspecified atom stereocenters. The Labute approximate surface area is 193 Å². The van der Waals surface area contributed by atoms with E-state index >= 15 is 0 Å². The van der Waals surface area contributed by atoms with Gasteiger partial charge >= 0.3 is 11.9 Å². The van der Waals surface area contributed by atoms with Crippen LogP contribution in [0.5, 0.6) is 0 Å². The summed E-state index contributed by atoms with van der Waals surface area (Å²) in [5.74, 6) is -0.815. The van der Waals surface area contributed by atoms with Gasteiger partial charge in [-0.25, -0.2) is 14.6 Å². The topological polar surface area (TPSA) is 147 Å². The minimum atomic E-state index is -0.604. The fourth-order valence-electron chi connectivity index (χ4n) is 3.42. The molecule has 1 aliphatic rings. The van der Waals surface area contributed by atoms with E-state index in [4.69, 9.17) is 19.6 Å². The number of nitrogens with zero attached hydrogens (tertiary/aromatic N) is 2. The van der Waals surface area contributed by atoms with E-state index in [2.05, 4.69) is 15.3 Å². The number of furan rings is 1. The molecule has 10 nitrogen and oxygen atoms in total. The zero-order valence-electron chi connectivity index (χ0n) is 18.7. The molecule has 3 aromatic heterocycles. The first kappa shape index (κ1) is 22.7. The number of hydrogen-bond donors (Lipinski definition) is 2. The highest BCUT2D eigenvalue weighted by Gasteiger charge is 2.32. The highest BCUT2D eigenvalue weighted by Crippen LogP contribution is 2.36. The molecule has 11 heteroatoms. The van der Waals surface area contributed by atoms with Gasteiger partial charge in [-0.1, -0.05) is 0 Å². The minimum absolute atomic E-state index is 0.0101. The largest absolute Gasteiger partial charge is 0.462 e. The summed E-state index contributed by atoms with van der Waals surface area (Å²) in [6.07, 6.45) is 1.72. The maximum Gasteiger partial charge on any atom is 0.342 e. The lowest BCUT2D eigenvalue weighted by molar-refractivity contribution is -0.117. The number of ether oxygens (including phenoxy) is 2. The van der Waals surface area contributed by atoms with Crippen LogP contribution in [0.15, 0.2) is 4.42 Å². The van der Waals surface area contributed by atoms with Gasteiger partial charge in [-0.3, -0.25) is 4.79 Å². The van der Waals surface area contributed by atoms with Crippen molar-refractivity contribution in [2.24, 2.45) is 5.92 Å². The summed E-state index contributed by atoms with van der Waals surface area (Å²) in [6, 6.07) is 0. The Hall–Kier alpha value is -3.47. The Kier molecular flexibility index (Phi) is 6.07. The van der Waals surface area contributed by atoms with Crippen molar-refractivity contribution in [2.45, 2.75) is 47.1 Å². The zero-order valence-corrected chi connectivity index (χ0v) is 19.6. The summed E-state index contributed by atoms with van der Waals surface area (Å²) >= 11 is 1.34. The second-order valence-corrected chi connectivity index (χ2v) is 9.01. The number of carbonyl (C=O) groups excluding carboxylic acids is 3. The molecule has 0 atom stereocenters. The first-order chi connectivity index (χ1) is 15.7. The van der Waals surface area contributed by atoms with Crippen LogP contribution in [0.25, 0.3) is 11.1 Å². The van der Waals surface area contributed by atoms with E-state index in [9.17, 15) is 14.4 Å². The Morgan fingerprint density at radius 3 is 2.48 bits per heavy atom. The molecular weight excluding hydrogens is 448 g/mol. The third-order valence-corrected chi connectivity index (χ3v) is 6.51. The summed E-state index contributed by atoms with van der Waals surface area (Å²) < 4.78 is 16.1. The number of hydrogen-bond acceptors (Lipinski definition) is 10. The van der Waals surface area contributed by atoms with Gasteiger partial charge in [-0.15, -0.1) is 11.3 Å². The molecule has 1 amide bonds. The van der Waals surface area contributed by atoms with Crippen LogP contribution in [0.3, 0.4) is 0 Å². The lowest BCUT2D eigenvalue weighted by atomic mass is 10.1. The molecule has 0 spiro atoms. The molecule has 0 bridgehead atoms. The van der Waals surface area contributed by atoms with Crippen molar-refractivity contribution in [3.63, 3.8) is 0 Å². The molecular formula is C22H24N4O6S. The van der Waals surface area contributed by atoms with Crippen LogP contribution in [-0.2, 0) is 20.9 Å². The second kappa shape index (κ2) is 8.81. The van der Waals surface area contributed by atoms with E-state index in [1.54, 1.807) is 20.8 Å². The number of rotatable bonds is 7. The number of aryl methyl sites for hydroxylation is 2. The summed E-state index contributed by atoms with van der Waals surface area (Å²) in [5, 5.41) is 3.58. The smallest absolute Gasteiger partial charge is 0.342 e. The Morgan fingerprint density at radius 2 is 1.82 bits per heavy atom. The summed E-state index contributed by atoms with van der Waals surface area (Å²) in [4.78, 5) is 46.6. The van der Waals surface area contributed by atoms with Gasteiger partial charge in [0.25, 0.3) is 0 Å². The number of fused-ring (bicyclic) bond motifs is 1. The van der Waals surface area contributed by atoms with Crippen LogP contribution in [0.4, 0.5) is 10.8 Å².